The molecule has 0 unspecified atom stereocenters. The molecule has 0 heterocycles. The molecule has 4 nitrogen and oxygen atoms in total. The highest BCUT2D eigenvalue weighted by Crippen LogP contribution is 2.23. The van der Waals surface area contributed by atoms with E-state index >= 15 is 0 Å². The minimum absolute atomic E-state index is 0.0633. The van der Waals surface area contributed by atoms with Gasteiger partial charge in [-0.2, -0.15) is 0 Å². The van der Waals surface area contributed by atoms with Crippen LogP contribution in [0.25, 0.3) is 0 Å². The van der Waals surface area contributed by atoms with Gasteiger partial charge in [0.25, 0.3) is 11.8 Å². The molecule has 0 aliphatic heterocycles. The lowest BCUT2D eigenvalue weighted by Crippen LogP contribution is -2.32. The van der Waals surface area contributed by atoms with Gasteiger partial charge in [-0.1, -0.05) is 45.7 Å². The molecule has 2 amide bonds. The van der Waals surface area contributed by atoms with Crippen molar-refractivity contribution < 1.29 is 9.59 Å². The third-order valence-electron chi connectivity index (χ3n) is 5.11. The summed E-state index contributed by atoms with van der Waals surface area (Å²) >= 11 is 0. The van der Waals surface area contributed by atoms with Crippen LogP contribution in [-0.2, 0) is 5.41 Å². The zero-order valence-electron chi connectivity index (χ0n) is 16.3. The molecule has 0 atom stereocenters. The van der Waals surface area contributed by atoms with E-state index in [1.165, 1.54) is 18.4 Å². The second-order valence-corrected chi connectivity index (χ2v) is 8.31. The van der Waals surface area contributed by atoms with Crippen LogP contribution >= 0.6 is 0 Å². The average Bonchev–Trinajstić information content (AvgIpc) is 3.14. The van der Waals surface area contributed by atoms with E-state index in [9.17, 15) is 9.59 Å². The first-order valence-corrected chi connectivity index (χ1v) is 9.66. The molecule has 1 aliphatic rings. The van der Waals surface area contributed by atoms with Crippen LogP contribution in [0.1, 0.15) is 72.7 Å². The zero-order valence-corrected chi connectivity index (χ0v) is 16.3. The first-order chi connectivity index (χ1) is 12.8. The molecule has 0 radical (unpaired) electrons. The number of amides is 2. The lowest BCUT2D eigenvalue weighted by Gasteiger charge is -2.19. The highest BCUT2D eigenvalue weighted by atomic mass is 16.2. The maximum atomic E-state index is 12.4. The van der Waals surface area contributed by atoms with E-state index in [2.05, 4.69) is 31.4 Å². The Morgan fingerprint density at radius 1 is 0.815 bits per heavy atom. The highest BCUT2D eigenvalue weighted by Gasteiger charge is 2.18. The van der Waals surface area contributed by atoms with Crippen molar-refractivity contribution in [1.82, 2.24) is 5.32 Å². The van der Waals surface area contributed by atoms with Gasteiger partial charge in [-0.25, -0.2) is 0 Å². The lowest BCUT2D eigenvalue weighted by atomic mass is 9.87. The Hall–Kier alpha value is -2.62. The van der Waals surface area contributed by atoms with E-state index in [4.69, 9.17) is 0 Å². The molecule has 2 aromatic rings. The maximum Gasteiger partial charge on any atom is 0.255 e. The van der Waals surface area contributed by atoms with Gasteiger partial charge in [0, 0.05) is 22.9 Å². The molecule has 2 aromatic carbocycles. The zero-order chi connectivity index (χ0) is 19.4. The number of nitrogens with one attached hydrogen (secondary N) is 2. The number of hydrogen-bond acceptors (Lipinski definition) is 2. The minimum atomic E-state index is -0.179. The molecule has 2 N–H and O–H groups in total. The van der Waals surface area contributed by atoms with Crippen LogP contribution in [-0.4, -0.2) is 17.9 Å². The van der Waals surface area contributed by atoms with Crippen LogP contribution in [0.15, 0.2) is 48.5 Å². The van der Waals surface area contributed by atoms with Crippen LogP contribution in [0.2, 0.25) is 0 Å². The lowest BCUT2D eigenvalue weighted by molar-refractivity contribution is 0.0936. The molecule has 1 saturated carbocycles. The molecule has 1 fully saturated rings. The van der Waals surface area contributed by atoms with E-state index in [1.807, 2.05) is 24.3 Å². The van der Waals surface area contributed by atoms with Crippen LogP contribution in [0.3, 0.4) is 0 Å². The fraction of sp³-hybridized carbons (Fsp3) is 0.391. The molecular formula is C23H28N2O2. The maximum absolute atomic E-state index is 12.4. The van der Waals surface area contributed by atoms with Crippen molar-refractivity contribution in [2.45, 2.75) is 57.9 Å². The topological polar surface area (TPSA) is 58.2 Å². The fourth-order valence-electron chi connectivity index (χ4n) is 3.37. The monoisotopic (exact) mass is 364 g/mol. The Balaban J connectivity index is 1.61. The number of carbonyl (C=O) groups is 2. The van der Waals surface area contributed by atoms with Crippen molar-refractivity contribution in [2.75, 3.05) is 5.32 Å². The van der Waals surface area contributed by atoms with Crippen LogP contribution in [0.4, 0.5) is 5.69 Å². The third-order valence-corrected chi connectivity index (χ3v) is 5.11. The number of carbonyl (C=O) groups excluding carboxylic acids is 2. The molecule has 0 spiro atoms. The van der Waals surface area contributed by atoms with Gasteiger partial charge in [-0.15, -0.1) is 0 Å². The smallest absolute Gasteiger partial charge is 0.255 e. The summed E-state index contributed by atoms with van der Waals surface area (Å²) in [5, 5.41) is 5.97. The molecule has 0 aromatic heterocycles. The van der Waals surface area contributed by atoms with E-state index in [0.29, 0.717) is 11.1 Å². The standard InChI is InChI=1S/C23H28N2O2/c1-23(2,3)18-12-14-20(15-13-18)25-22(27)17-10-8-16(9-11-17)21(26)24-19-6-4-5-7-19/h8-15,19H,4-7H2,1-3H3,(H,24,26)(H,25,27). The molecule has 4 heteroatoms. The summed E-state index contributed by atoms with van der Waals surface area (Å²) in [4.78, 5) is 24.7. The largest absolute Gasteiger partial charge is 0.349 e. The van der Waals surface area contributed by atoms with Crippen molar-refractivity contribution >= 4 is 17.5 Å². The normalized spacial score (nSPS) is 14.8. The van der Waals surface area contributed by atoms with Gasteiger partial charge in [-0.05, 0) is 60.2 Å². The average molecular weight is 364 g/mol. The number of rotatable bonds is 4. The summed E-state index contributed by atoms with van der Waals surface area (Å²) in [7, 11) is 0. The van der Waals surface area contributed by atoms with Gasteiger partial charge >= 0.3 is 0 Å². The predicted molar refractivity (Wildman–Crippen MR) is 109 cm³/mol. The van der Waals surface area contributed by atoms with E-state index in [0.717, 1.165) is 18.5 Å². The Bertz CT molecular complexity index is 796. The van der Waals surface area contributed by atoms with Crippen molar-refractivity contribution in [1.29, 1.82) is 0 Å². The molecule has 0 bridgehead atoms. The second kappa shape index (κ2) is 7.95. The Labute approximate surface area is 161 Å². The number of anilines is 1. The SMILES string of the molecule is CC(C)(C)c1ccc(NC(=O)c2ccc(C(=O)NC3CCCC3)cc2)cc1. The van der Waals surface area contributed by atoms with Gasteiger partial charge in [0.05, 0.1) is 0 Å². The molecule has 3 rings (SSSR count). The fourth-order valence-corrected chi connectivity index (χ4v) is 3.37. The summed E-state index contributed by atoms with van der Waals surface area (Å²) in [6.45, 7) is 6.47. The van der Waals surface area contributed by atoms with E-state index < -0.39 is 0 Å². The van der Waals surface area contributed by atoms with Gasteiger partial charge in [0.1, 0.15) is 0 Å². The van der Waals surface area contributed by atoms with E-state index in [1.54, 1.807) is 24.3 Å². The van der Waals surface area contributed by atoms with Gasteiger partial charge in [0.2, 0.25) is 0 Å². The highest BCUT2D eigenvalue weighted by molar-refractivity contribution is 6.05. The predicted octanol–water partition coefficient (Wildman–Crippen LogP) is 4.91. The van der Waals surface area contributed by atoms with Gasteiger partial charge in [-0.3, -0.25) is 9.59 Å². The Morgan fingerprint density at radius 3 is 1.85 bits per heavy atom. The van der Waals surface area contributed by atoms with Crippen molar-refractivity contribution in [3.63, 3.8) is 0 Å². The summed E-state index contributed by atoms with van der Waals surface area (Å²) in [5.41, 5.74) is 3.19. The van der Waals surface area contributed by atoms with Crippen molar-refractivity contribution in [2.24, 2.45) is 0 Å². The van der Waals surface area contributed by atoms with Gasteiger partial charge in [0.15, 0.2) is 0 Å². The summed E-state index contributed by atoms with van der Waals surface area (Å²) < 4.78 is 0. The Kier molecular flexibility index (Phi) is 5.64. The van der Waals surface area contributed by atoms with Crippen molar-refractivity contribution in [3.05, 3.63) is 65.2 Å². The molecule has 142 valence electrons. The summed E-state index contributed by atoms with van der Waals surface area (Å²) in [6, 6.07) is 15.0. The van der Waals surface area contributed by atoms with Crippen LogP contribution in [0, 0.1) is 0 Å². The summed E-state index contributed by atoms with van der Waals surface area (Å²) in [5.74, 6) is -0.243. The first kappa shape index (κ1) is 19.2. The number of benzene rings is 2. The van der Waals surface area contributed by atoms with Crippen LogP contribution < -0.4 is 10.6 Å². The molecule has 1 aliphatic carbocycles. The minimum Gasteiger partial charge on any atom is -0.349 e. The number of hydrogen-bond donors (Lipinski definition) is 2. The quantitative estimate of drug-likeness (QED) is 0.810. The second-order valence-electron chi connectivity index (χ2n) is 8.31. The van der Waals surface area contributed by atoms with Crippen LogP contribution in [0.5, 0.6) is 0 Å². The molecule has 0 saturated heterocycles. The molecular weight excluding hydrogens is 336 g/mol. The third kappa shape index (κ3) is 4.97. The van der Waals surface area contributed by atoms with Crippen molar-refractivity contribution in [3.8, 4) is 0 Å². The van der Waals surface area contributed by atoms with E-state index in [-0.39, 0.29) is 23.3 Å². The first-order valence-electron chi connectivity index (χ1n) is 9.66. The van der Waals surface area contributed by atoms with Gasteiger partial charge < -0.3 is 10.6 Å². The summed E-state index contributed by atoms with van der Waals surface area (Å²) in [6.07, 6.45) is 4.47. The molecule has 27 heavy (non-hydrogen) atoms. The Morgan fingerprint density at radius 2 is 1.33 bits per heavy atom.